The summed E-state index contributed by atoms with van der Waals surface area (Å²) < 4.78 is 5.30. The lowest BCUT2D eigenvalue weighted by Crippen LogP contribution is -2.00. The number of hydrogen-bond donors (Lipinski definition) is 1. The summed E-state index contributed by atoms with van der Waals surface area (Å²) in [5, 5.41) is 9.17. The Morgan fingerprint density at radius 2 is 1.80 bits per heavy atom. The van der Waals surface area contributed by atoms with Crippen LogP contribution in [0.2, 0.25) is 0 Å². The van der Waals surface area contributed by atoms with Crippen LogP contribution in [0, 0.1) is 0 Å². The summed E-state index contributed by atoms with van der Waals surface area (Å²) in [5.41, 5.74) is 1.03. The highest BCUT2D eigenvalue weighted by molar-refractivity contribution is 7.99. The Labute approximate surface area is 119 Å². The maximum Gasteiger partial charge on any atom is 0.340 e. The number of carbonyl (C=O) groups excluding carboxylic acids is 1. The molecule has 3 rings (SSSR count). The fraction of sp³-hybridized carbons (Fsp3) is 0.0667. The minimum atomic E-state index is -0.995. The number of aromatic carboxylic acids is 1. The Morgan fingerprint density at radius 3 is 2.60 bits per heavy atom. The molecule has 1 aliphatic heterocycles. The number of hydrogen-bond acceptors (Lipinski definition) is 4. The molecule has 2 aromatic rings. The number of carboxylic acid groups (broad SMARTS) is 1. The van der Waals surface area contributed by atoms with Crippen molar-refractivity contribution < 1.29 is 19.4 Å². The number of fused-ring (bicyclic) bond motifs is 1. The molecule has 0 fully saturated rings. The van der Waals surface area contributed by atoms with Crippen molar-refractivity contribution in [2.75, 3.05) is 0 Å². The zero-order chi connectivity index (χ0) is 14.1. The molecule has 0 aromatic heterocycles. The molecule has 1 N–H and O–H groups in total. The molecule has 0 radical (unpaired) electrons. The van der Waals surface area contributed by atoms with Gasteiger partial charge in [0.2, 0.25) is 0 Å². The number of ether oxygens (including phenoxy) is 1. The highest BCUT2D eigenvalue weighted by Crippen LogP contribution is 2.43. The van der Waals surface area contributed by atoms with Gasteiger partial charge in [0.25, 0.3) is 0 Å². The Balaban J connectivity index is 1.94. The Morgan fingerprint density at radius 1 is 1.10 bits per heavy atom. The van der Waals surface area contributed by atoms with Crippen molar-refractivity contribution in [1.29, 1.82) is 0 Å². The highest BCUT2D eigenvalue weighted by atomic mass is 32.2. The van der Waals surface area contributed by atoms with Gasteiger partial charge in [0, 0.05) is 10.5 Å². The molecule has 0 unspecified atom stereocenters. The average molecular weight is 286 g/mol. The minimum Gasteiger partial charge on any atom is -0.478 e. The van der Waals surface area contributed by atoms with Gasteiger partial charge in [-0.3, -0.25) is 0 Å². The smallest absolute Gasteiger partial charge is 0.340 e. The molecule has 0 saturated heterocycles. The van der Waals surface area contributed by atoms with Gasteiger partial charge < -0.3 is 9.84 Å². The number of rotatable bonds is 3. The van der Waals surface area contributed by atoms with Crippen LogP contribution in [0.4, 0.5) is 0 Å². The molecule has 0 bridgehead atoms. The predicted molar refractivity (Wildman–Crippen MR) is 73.9 cm³/mol. The van der Waals surface area contributed by atoms with Crippen molar-refractivity contribution in [2.45, 2.75) is 10.3 Å². The Bertz CT molecular complexity index is 696. The molecule has 0 spiro atoms. The van der Waals surface area contributed by atoms with Gasteiger partial charge >= 0.3 is 11.9 Å². The molecule has 2 aromatic carbocycles. The molecular weight excluding hydrogens is 276 g/mol. The maximum atomic E-state index is 11.7. The van der Waals surface area contributed by atoms with E-state index in [-0.39, 0.29) is 11.5 Å². The molecule has 0 amide bonds. The number of carboxylic acids is 1. The van der Waals surface area contributed by atoms with Crippen molar-refractivity contribution in [3.8, 4) is 0 Å². The molecule has 100 valence electrons. The first-order valence-electron chi connectivity index (χ1n) is 5.95. The first kappa shape index (κ1) is 12.7. The number of cyclic esters (lactones) is 1. The first-order chi connectivity index (χ1) is 9.66. The van der Waals surface area contributed by atoms with Gasteiger partial charge in [-0.25, -0.2) is 9.59 Å². The largest absolute Gasteiger partial charge is 0.478 e. The van der Waals surface area contributed by atoms with Gasteiger partial charge in [-0.1, -0.05) is 42.1 Å². The third-order valence-corrected chi connectivity index (χ3v) is 4.17. The number of esters is 1. The normalized spacial score (nSPS) is 16.6. The lowest BCUT2D eigenvalue weighted by molar-refractivity contribution is 0.0522. The molecule has 20 heavy (non-hydrogen) atoms. The lowest BCUT2D eigenvalue weighted by Gasteiger charge is -2.11. The summed E-state index contributed by atoms with van der Waals surface area (Å²) in [6.45, 7) is 0. The van der Waals surface area contributed by atoms with Crippen molar-refractivity contribution in [3.05, 3.63) is 65.2 Å². The fourth-order valence-corrected chi connectivity index (χ4v) is 3.20. The second-order valence-corrected chi connectivity index (χ2v) is 5.35. The van der Waals surface area contributed by atoms with Crippen LogP contribution in [-0.2, 0) is 4.74 Å². The average Bonchev–Trinajstić information content (AvgIpc) is 2.76. The molecule has 1 aliphatic rings. The minimum absolute atomic E-state index is 0.206. The summed E-state index contributed by atoms with van der Waals surface area (Å²) in [6, 6.07) is 13.8. The van der Waals surface area contributed by atoms with Crippen molar-refractivity contribution >= 4 is 23.7 Å². The monoisotopic (exact) mass is 286 g/mol. The number of benzene rings is 2. The van der Waals surface area contributed by atoms with Crippen LogP contribution in [0.3, 0.4) is 0 Å². The van der Waals surface area contributed by atoms with E-state index in [0.717, 1.165) is 5.56 Å². The topological polar surface area (TPSA) is 63.6 Å². The van der Waals surface area contributed by atoms with E-state index < -0.39 is 11.4 Å². The van der Waals surface area contributed by atoms with Crippen LogP contribution in [-0.4, -0.2) is 17.0 Å². The SMILES string of the molecule is O=C(O)c1ccccc1S[C@@H]1OC(=O)c2ccccc21. The van der Waals surface area contributed by atoms with Gasteiger partial charge in [0.15, 0.2) is 5.44 Å². The van der Waals surface area contributed by atoms with Gasteiger partial charge in [0.05, 0.1) is 11.1 Å². The van der Waals surface area contributed by atoms with E-state index in [4.69, 9.17) is 9.84 Å². The molecule has 4 nitrogen and oxygen atoms in total. The van der Waals surface area contributed by atoms with Crippen LogP contribution >= 0.6 is 11.8 Å². The molecule has 5 heteroatoms. The molecule has 0 saturated carbocycles. The van der Waals surface area contributed by atoms with E-state index in [0.29, 0.717) is 10.5 Å². The van der Waals surface area contributed by atoms with Gasteiger partial charge in [0.1, 0.15) is 0 Å². The third kappa shape index (κ3) is 2.16. The van der Waals surface area contributed by atoms with E-state index >= 15 is 0 Å². The van der Waals surface area contributed by atoms with Crippen LogP contribution in [0.5, 0.6) is 0 Å². The second-order valence-electron chi connectivity index (χ2n) is 4.24. The summed E-state index contributed by atoms with van der Waals surface area (Å²) in [7, 11) is 0. The first-order valence-corrected chi connectivity index (χ1v) is 6.83. The lowest BCUT2D eigenvalue weighted by atomic mass is 10.1. The standard InChI is InChI=1S/C15H10O4S/c16-13(17)11-7-3-4-8-12(11)20-15-10-6-2-1-5-9(10)14(18)19-15/h1-8,15H,(H,16,17)/t15-/m0/s1. The molecule has 1 heterocycles. The molecular formula is C15H10O4S. The van der Waals surface area contributed by atoms with Gasteiger partial charge in [-0.15, -0.1) is 0 Å². The summed E-state index contributed by atoms with van der Waals surface area (Å²) in [4.78, 5) is 23.5. The van der Waals surface area contributed by atoms with Crippen LogP contribution < -0.4 is 0 Å². The fourth-order valence-electron chi connectivity index (χ4n) is 2.06. The van der Waals surface area contributed by atoms with E-state index in [1.54, 1.807) is 30.3 Å². The van der Waals surface area contributed by atoms with Crippen LogP contribution in [0.15, 0.2) is 53.4 Å². The number of thioether (sulfide) groups is 1. The van der Waals surface area contributed by atoms with Crippen LogP contribution in [0.25, 0.3) is 0 Å². The van der Waals surface area contributed by atoms with Gasteiger partial charge in [-0.05, 0) is 18.2 Å². The third-order valence-electron chi connectivity index (χ3n) is 3.00. The maximum absolute atomic E-state index is 11.7. The van der Waals surface area contributed by atoms with E-state index in [1.165, 1.54) is 17.8 Å². The summed E-state index contributed by atoms with van der Waals surface area (Å²) in [5.74, 6) is -1.36. The number of carbonyl (C=O) groups is 2. The van der Waals surface area contributed by atoms with Crippen LogP contribution in [0.1, 0.15) is 31.7 Å². The van der Waals surface area contributed by atoms with Crippen molar-refractivity contribution in [3.63, 3.8) is 0 Å². The summed E-state index contributed by atoms with van der Waals surface area (Å²) in [6.07, 6.45) is 0. The highest BCUT2D eigenvalue weighted by Gasteiger charge is 2.32. The van der Waals surface area contributed by atoms with E-state index in [9.17, 15) is 9.59 Å². The second kappa shape index (κ2) is 5.02. The Hall–Kier alpha value is -2.27. The molecule has 1 atom stereocenters. The van der Waals surface area contributed by atoms with E-state index in [2.05, 4.69) is 0 Å². The zero-order valence-corrected chi connectivity index (χ0v) is 11.1. The van der Waals surface area contributed by atoms with Gasteiger partial charge in [-0.2, -0.15) is 0 Å². The summed E-state index contributed by atoms with van der Waals surface area (Å²) >= 11 is 1.23. The van der Waals surface area contributed by atoms with Crippen molar-refractivity contribution in [1.82, 2.24) is 0 Å². The molecule has 0 aliphatic carbocycles. The zero-order valence-electron chi connectivity index (χ0n) is 10.3. The van der Waals surface area contributed by atoms with Crippen molar-refractivity contribution in [2.24, 2.45) is 0 Å². The predicted octanol–water partition coefficient (Wildman–Crippen LogP) is 3.35. The quantitative estimate of drug-likeness (QED) is 0.877. The van der Waals surface area contributed by atoms with E-state index in [1.807, 2.05) is 12.1 Å². The Kier molecular flexibility index (Phi) is 3.20.